The zero-order valence-electron chi connectivity index (χ0n) is 17.4. The van der Waals surface area contributed by atoms with Crippen LogP contribution in [0, 0.1) is 12.8 Å². The van der Waals surface area contributed by atoms with Gasteiger partial charge in [-0.2, -0.15) is 0 Å². The first-order chi connectivity index (χ1) is 14.4. The van der Waals surface area contributed by atoms with Gasteiger partial charge in [-0.05, 0) is 30.0 Å². The van der Waals surface area contributed by atoms with Crippen molar-refractivity contribution in [3.8, 4) is 5.69 Å². The van der Waals surface area contributed by atoms with Crippen LogP contribution in [0.3, 0.4) is 0 Å². The molecular weight excluding hydrogens is 420 g/mol. The summed E-state index contributed by atoms with van der Waals surface area (Å²) in [6, 6.07) is 7.71. The summed E-state index contributed by atoms with van der Waals surface area (Å²) in [5, 5.41) is 1.17. The number of ether oxygens (including phenoxy) is 2. The monoisotopic (exact) mass is 444 g/mol. The molecule has 4 rings (SSSR count). The molecule has 8 heteroatoms. The summed E-state index contributed by atoms with van der Waals surface area (Å²) in [7, 11) is 1.35. The van der Waals surface area contributed by atoms with Gasteiger partial charge < -0.3 is 9.47 Å². The first-order valence-corrected chi connectivity index (χ1v) is 11.7. The van der Waals surface area contributed by atoms with Crippen LogP contribution in [0.15, 0.2) is 34.2 Å². The van der Waals surface area contributed by atoms with Gasteiger partial charge in [0, 0.05) is 11.3 Å². The molecular formula is C22H24N2O4S2. The molecule has 0 spiro atoms. The van der Waals surface area contributed by atoms with Gasteiger partial charge in [0.05, 0.1) is 36.6 Å². The third-order valence-electron chi connectivity index (χ3n) is 5.36. The number of benzene rings is 1. The van der Waals surface area contributed by atoms with Crippen LogP contribution in [0.5, 0.6) is 0 Å². The second-order valence-corrected chi connectivity index (χ2v) is 9.69. The van der Waals surface area contributed by atoms with Crippen molar-refractivity contribution < 1.29 is 14.3 Å². The van der Waals surface area contributed by atoms with Crippen LogP contribution in [0.4, 0.5) is 0 Å². The van der Waals surface area contributed by atoms with Crippen LogP contribution in [0.25, 0.3) is 15.9 Å². The fraction of sp³-hybridized carbons (Fsp3) is 0.409. The number of thioether (sulfide) groups is 1. The van der Waals surface area contributed by atoms with Crippen LogP contribution in [-0.4, -0.2) is 34.5 Å². The summed E-state index contributed by atoms with van der Waals surface area (Å²) in [6.07, 6.45) is 0.807. The predicted octanol–water partition coefficient (Wildman–Crippen LogP) is 4.12. The van der Waals surface area contributed by atoms with Crippen LogP contribution >= 0.6 is 23.1 Å². The highest BCUT2D eigenvalue weighted by atomic mass is 32.2. The molecule has 1 unspecified atom stereocenters. The molecule has 0 amide bonds. The first kappa shape index (κ1) is 21.1. The average molecular weight is 445 g/mol. The smallest absolute Gasteiger partial charge is 0.316 e. The van der Waals surface area contributed by atoms with E-state index in [2.05, 4.69) is 13.8 Å². The van der Waals surface area contributed by atoms with Crippen molar-refractivity contribution in [3.05, 3.63) is 50.6 Å². The standard InChI is InChI=1S/C22H24N2O4S2/c1-12(2)16-9-14-17(10-28-16)30-20-19(14)21(26)24(15-8-6-5-7-13(15)3)22(23-20)29-11-18(25)27-4/h5-8,12,16H,9-11H2,1-4H3. The highest BCUT2D eigenvalue weighted by Crippen LogP contribution is 2.36. The van der Waals surface area contributed by atoms with Gasteiger partial charge in [0.15, 0.2) is 5.16 Å². The molecule has 1 atom stereocenters. The summed E-state index contributed by atoms with van der Waals surface area (Å²) in [5.74, 6) is 0.100. The Hall–Kier alpha value is -2.16. The van der Waals surface area contributed by atoms with Crippen molar-refractivity contribution in [2.75, 3.05) is 12.9 Å². The summed E-state index contributed by atoms with van der Waals surface area (Å²) >= 11 is 2.73. The topological polar surface area (TPSA) is 70.4 Å². The number of thiophene rings is 1. The number of aromatic nitrogens is 2. The van der Waals surface area contributed by atoms with Gasteiger partial charge in [0.25, 0.3) is 5.56 Å². The molecule has 3 heterocycles. The van der Waals surface area contributed by atoms with Gasteiger partial charge in [0.2, 0.25) is 0 Å². The lowest BCUT2D eigenvalue weighted by Crippen LogP contribution is -2.28. The number of methoxy groups -OCH3 is 1. The SMILES string of the molecule is COC(=O)CSc1nc2sc3c(c2c(=O)n1-c1ccccc1C)CC(C(C)C)OC3. The third-order valence-corrected chi connectivity index (χ3v) is 7.37. The Labute approximate surface area is 183 Å². The number of hydrogen-bond donors (Lipinski definition) is 0. The summed E-state index contributed by atoms with van der Waals surface area (Å²) in [5.41, 5.74) is 2.71. The van der Waals surface area contributed by atoms with E-state index < -0.39 is 0 Å². The number of fused-ring (bicyclic) bond motifs is 3. The molecule has 0 fully saturated rings. The van der Waals surface area contributed by atoms with Crippen molar-refractivity contribution in [2.24, 2.45) is 5.92 Å². The molecule has 1 aliphatic rings. The summed E-state index contributed by atoms with van der Waals surface area (Å²) < 4.78 is 12.4. The van der Waals surface area contributed by atoms with Gasteiger partial charge in [-0.25, -0.2) is 4.98 Å². The minimum absolute atomic E-state index is 0.0873. The highest BCUT2D eigenvalue weighted by Gasteiger charge is 2.29. The molecule has 0 saturated heterocycles. The zero-order chi connectivity index (χ0) is 21.4. The molecule has 0 aliphatic carbocycles. The first-order valence-electron chi connectivity index (χ1n) is 9.85. The molecule has 1 aliphatic heterocycles. The van der Waals surface area contributed by atoms with E-state index in [0.717, 1.165) is 21.7 Å². The lowest BCUT2D eigenvalue weighted by molar-refractivity contribution is -0.137. The van der Waals surface area contributed by atoms with Gasteiger partial charge >= 0.3 is 5.97 Å². The van der Waals surface area contributed by atoms with E-state index in [1.807, 2.05) is 31.2 Å². The second kappa shape index (κ2) is 8.53. The summed E-state index contributed by atoms with van der Waals surface area (Å²) in [6.45, 7) is 6.74. The molecule has 0 radical (unpaired) electrons. The number of carbonyl (C=O) groups excluding carboxylic acids is 1. The van der Waals surface area contributed by atoms with Gasteiger partial charge in [0.1, 0.15) is 4.83 Å². The molecule has 0 saturated carbocycles. The lowest BCUT2D eigenvalue weighted by Gasteiger charge is -2.26. The molecule has 0 N–H and O–H groups in total. The van der Waals surface area contributed by atoms with Gasteiger partial charge in [-0.1, -0.05) is 43.8 Å². The number of hydrogen-bond acceptors (Lipinski definition) is 7. The molecule has 1 aromatic carbocycles. The van der Waals surface area contributed by atoms with Crippen LogP contribution in [0.1, 0.15) is 29.9 Å². The Morgan fingerprint density at radius 2 is 2.17 bits per heavy atom. The normalized spacial score (nSPS) is 16.1. The number of esters is 1. The highest BCUT2D eigenvalue weighted by molar-refractivity contribution is 7.99. The van der Waals surface area contributed by atoms with Crippen LogP contribution < -0.4 is 5.56 Å². The maximum absolute atomic E-state index is 13.8. The number of aryl methyl sites for hydroxylation is 1. The molecule has 3 aromatic rings. The van der Waals surface area contributed by atoms with Crippen molar-refractivity contribution in [1.82, 2.24) is 9.55 Å². The Balaban J connectivity index is 1.93. The maximum atomic E-state index is 13.8. The van der Waals surface area contributed by atoms with E-state index in [9.17, 15) is 9.59 Å². The van der Waals surface area contributed by atoms with Crippen LogP contribution in [-0.2, 0) is 27.3 Å². The zero-order valence-corrected chi connectivity index (χ0v) is 19.1. The van der Waals surface area contributed by atoms with Crippen LogP contribution in [0.2, 0.25) is 0 Å². The minimum Gasteiger partial charge on any atom is -0.468 e. The van der Waals surface area contributed by atoms with E-state index in [1.165, 1.54) is 30.2 Å². The van der Waals surface area contributed by atoms with E-state index in [0.29, 0.717) is 34.3 Å². The van der Waals surface area contributed by atoms with Gasteiger partial charge in [-0.3, -0.25) is 14.2 Å². The van der Waals surface area contributed by atoms with Crippen molar-refractivity contribution >= 4 is 39.3 Å². The number of nitrogens with zero attached hydrogens (tertiary/aromatic N) is 2. The molecule has 6 nitrogen and oxygen atoms in total. The quantitative estimate of drug-likeness (QED) is 0.335. The van der Waals surface area contributed by atoms with Crippen molar-refractivity contribution in [3.63, 3.8) is 0 Å². The van der Waals surface area contributed by atoms with E-state index in [4.69, 9.17) is 14.5 Å². The molecule has 2 aromatic heterocycles. The van der Waals surface area contributed by atoms with E-state index >= 15 is 0 Å². The van der Waals surface area contributed by atoms with Crippen molar-refractivity contribution in [1.29, 1.82) is 0 Å². The third kappa shape index (κ3) is 3.79. The maximum Gasteiger partial charge on any atom is 0.316 e. The van der Waals surface area contributed by atoms with Crippen molar-refractivity contribution in [2.45, 2.75) is 45.1 Å². The number of rotatable bonds is 5. The molecule has 30 heavy (non-hydrogen) atoms. The predicted molar refractivity (Wildman–Crippen MR) is 120 cm³/mol. The Morgan fingerprint density at radius 1 is 1.40 bits per heavy atom. The fourth-order valence-electron chi connectivity index (χ4n) is 3.64. The Kier molecular flexibility index (Phi) is 5.99. The van der Waals surface area contributed by atoms with Gasteiger partial charge in [-0.15, -0.1) is 11.3 Å². The average Bonchev–Trinajstić information content (AvgIpc) is 3.10. The fourth-order valence-corrected chi connectivity index (χ4v) is 5.64. The van der Waals surface area contributed by atoms with E-state index in [1.54, 1.807) is 4.57 Å². The number of carbonyl (C=O) groups is 1. The molecule has 0 bridgehead atoms. The summed E-state index contributed by atoms with van der Waals surface area (Å²) in [4.78, 5) is 32.1. The Bertz CT molecular complexity index is 1170. The largest absolute Gasteiger partial charge is 0.468 e. The molecule has 158 valence electrons. The van der Waals surface area contributed by atoms with E-state index in [-0.39, 0.29) is 23.4 Å². The minimum atomic E-state index is -0.357. The number of para-hydroxylation sites is 1. The Morgan fingerprint density at radius 3 is 2.87 bits per heavy atom. The second-order valence-electron chi connectivity index (χ2n) is 7.67. The lowest BCUT2D eigenvalue weighted by atomic mass is 9.96.